The number of nitrogens with two attached hydrogens (primary N) is 1. The monoisotopic (exact) mass is 326 g/mol. The normalized spacial score (nSPS) is 16.5. The average Bonchev–Trinajstić information content (AvgIpc) is 3.08. The molecule has 1 aliphatic heterocycles. The van der Waals surface area contributed by atoms with Crippen LogP contribution in [0.5, 0.6) is 11.5 Å². The van der Waals surface area contributed by atoms with Gasteiger partial charge in [0, 0.05) is 24.6 Å². The molecular formula is C16H18N6O2. The predicted molar refractivity (Wildman–Crippen MR) is 89.4 cm³/mol. The van der Waals surface area contributed by atoms with Crippen LogP contribution in [-0.2, 0) is 6.42 Å². The van der Waals surface area contributed by atoms with Gasteiger partial charge in [-0.2, -0.15) is 4.98 Å². The summed E-state index contributed by atoms with van der Waals surface area (Å²) in [5, 5.41) is 11.1. The second-order valence-corrected chi connectivity index (χ2v) is 5.79. The predicted octanol–water partition coefficient (Wildman–Crippen LogP) is 1.38. The zero-order valence-corrected chi connectivity index (χ0v) is 13.3. The third kappa shape index (κ3) is 2.66. The Bertz CT molecular complexity index is 878. The molecule has 124 valence electrons. The first-order chi connectivity index (χ1) is 11.7. The quantitative estimate of drug-likeness (QED) is 0.747. The van der Waals surface area contributed by atoms with Crippen molar-refractivity contribution in [3.05, 3.63) is 36.2 Å². The molecule has 0 radical (unpaired) electrons. The number of methoxy groups -OCH3 is 1. The molecule has 3 aromatic rings. The van der Waals surface area contributed by atoms with Crippen LogP contribution in [0.15, 0.2) is 30.6 Å². The number of hydrogen-bond acceptors (Lipinski definition) is 7. The molecule has 3 N–H and O–H groups in total. The van der Waals surface area contributed by atoms with E-state index >= 15 is 0 Å². The van der Waals surface area contributed by atoms with Gasteiger partial charge in [0.15, 0.2) is 5.65 Å². The summed E-state index contributed by atoms with van der Waals surface area (Å²) in [6.07, 6.45) is 2.48. The Morgan fingerprint density at radius 2 is 2.33 bits per heavy atom. The molecule has 0 aliphatic carbocycles. The Labute approximate surface area is 138 Å². The molecule has 4 rings (SSSR count). The third-order valence-electron chi connectivity index (χ3n) is 4.15. The lowest BCUT2D eigenvalue weighted by Crippen LogP contribution is -2.27. The molecule has 1 atom stereocenters. The standard InChI is InChI=1S/C16H18N6O2/c1-23-12-3-2-11-4-10(8-24-13(11)5-12)7-18-14-6-15-21-19-9-22(15)16(17)20-14/h2-3,5-6,9-10,18H,4,7-8H2,1H3,(H2,17,20). The van der Waals surface area contributed by atoms with Crippen molar-refractivity contribution in [3.8, 4) is 11.5 Å². The molecule has 8 nitrogen and oxygen atoms in total. The van der Waals surface area contributed by atoms with Crippen molar-refractivity contribution in [1.29, 1.82) is 0 Å². The van der Waals surface area contributed by atoms with E-state index in [9.17, 15) is 0 Å². The van der Waals surface area contributed by atoms with Gasteiger partial charge in [-0.1, -0.05) is 6.07 Å². The number of benzene rings is 1. The van der Waals surface area contributed by atoms with Crippen LogP contribution in [0, 0.1) is 5.92 Å². The number of ether oxygens (including phenoxy) is 2. The summed E-state index contributed by atoms with van der Waals surface area (Å²) in [5.74, 6) is 3.11. The second kappa shape index (κ2) is 5.88. The van der Waals surface area contributed by atoms with E-state index in [4.69, 9.17) is 15.2 Å². The fourth-order valence-corrected chi connectivity index (χ4v) is 2.86. The van der Waals surface area contributed by atoms with E-state index in [0.717, 1.165) is 24.5 Å². The number of nitrogens with one attached hydrogen (secondary N) is 1. The van der Waals surface area contributed by atoms with Gasteiger partial charge in [-0.3, -0.25) is 4.40 Å². The summed E-state index contributed by atoms with van der Waals surface area (Å²) in [5.41, 5.74) is 7.75. The van der Waals surface area contributed by atoms with Gasteiger partial charge >= 0.3 is 0 Å². The van der Waals surface area contributed by atoms with E-state index in [1.807, 2.05) is 18.2 Å². The molecule has 1 aromatic carbocycles. The maximum Gasteiger partial charge on any atom is 0.209 e. The zero-order chi connectivity index (χ0) is 16.5. The summed E-state index contributed by atoms with van der Waals surface area (Å²) >= 11 is 0. The van der Waals surface area contributed by atoms with E-state index < -0.39 is 0 Å². The molecule has 0 amide bonds. The molecule has 8 heteroatoms. The number of anilines is 2. The molecule has 0 saturated heterocycles. The van der Waals surface area contributed by atoms with Crippen LogP contribution in [0.25, 0.3) is 5.65 Å². The van der Waals surface area contributed by atoms with Gasteiger partial charge in [-0.25, -0.2) is 0 Å². The Balaban J connectivity index is 1.44. The van der Waals surface area contributed by atoms with Crippen LogP contribution in [-0.4, -0.2) is 39.8 Å². The third-order valence-corrected chi connectivity index (χ3v) is 4.15. The van der Waals surface area contributed by atoms with Crippen molar-refractivity contribution in [2.24, 2.45) is 5.92 Å². The van der Waals surface area contributed by atoms with Crippen LogP contribution in [0.3, 0.4) is 0 Å². The first kappa shape index (κ1) is 14.6. The molecule has 24 heavy (non-hydrogen) atoms. The highest BCUT2D eigenvalue weighted by Gasteiger charge is 2.20. The average molecular weight is 326 g/mol. The van der Waals surface area contributed by atoms with Crippen LogP contribution >= 0.6 is 0 Å². The highest BCUT2D eigenvalue weighted by molar-refractivity contribution is 5.53. The van der Waals surface area contributed by atoms with Crippen molar-refractivity contribution in [2.75, 3.05) is 31.3 Å². The Kier molecular flexibility index (Phi) is 3.56. The fourth-order valence-electron chi connectivity index (χ4n) is 2.86. The van der Waals surface area contributed by atoms with Gasteiger partial charge in [0.25, 0.3) is 0 Å². The Hall–Kier alpha value is -3.03. The van der Waals surface area contributed by atoms with Gasteiger partial charge in [-0.15, -0.1) is 10.2 Å². The largest absolute Gasteiger partial charge is 0.497 e. The number of hydrogen-bond donors (Lipinski definition) is 2. The molecule has 1 unspecified atom stereocenters. The van der Waals surface area contributed by atoms with Crippen molar-refractivity contribution in [3.63, 3.8) is 0 Å². The van der Waals surface area contributed by atoms with Crippen LogP contribution in [0.2, 0.25) is 0 Å². The van der Waals surface area contributed by atoms with Crippen LogP contribution < -0.4 is 20.5 Å². The summed E-state index contributed by atoms with van der Waals surface area (Å²) < 4.78 is 12.7. The molecule has 0 saturated carbocycles. The lowest BCUT2D eigenvalue weighted by Gasteiger charge is -2.26. The molecule has 1 aliphatic rings. The maximum absolute atomic E-state index is 5.90. The zero-order valence-electron chi connectivity index (χ0n) is 13.3. The van der Waals surface area contributed by atoms with E-state index in [1.54, 1.807) is 17.8 Å². The molecular weight excluding hydrogens is 308 g/mol. The van der Waals surface area contributed by atoms with E-state index in [1.165, 1.54) is 5.56 Å². The van der Waals surface area contributed by atoms with Gasteiger partial charge in [-0.05, 0) is 18.1 Å². The molecule has 3 heterocycles. The number of aromatic nitrogens is 4. The first-order valence-electron chi connectivity index (χ1n) is 7.73. The number of rotatable bonds is 4. The maximum atomic E-state index is 5.90. The Morgan fingerprint density at radius 3 is 3.21 bits per heavy atom. The fraction of sp³-hybridized carbons (Fsp3) is 0.312. The minimum Gasteiger partial charge on any atom is -0.497 e. The van der Waals surface area contributed by atoms with Gasteiger partial charge in [0.1, 0.15) is 23.6 Å². The van der Waals surface area contributed by atoms with E-state index in [-0.39, 0.29) is 0 Å². The minimum absolute atomic E-state index is 0.350. The summed E-state index contributed by atoms with van der Waals surface area (Å²) in [6, 6.07) is 7.77. The van der Waals surface area contributed by atoms with Gasteiger partial charge < -0.3 is 20.5 Å². The molecule has 2 aromatic heterocycles. The van der Waals surface area contributed by atoms with Crippen LogP contribution in [0.4, 0.5) is 11.8 Å². The summed E-state index contributed by atoms with van der Waals surface area (Å²) in [6.45, 7) is 1.39. The molecule has 0 spiro atoms. The van der Waals surface area contributed by atoms with Crippen molar-refractivity contribution < 1.29 is 9.47 Å². The summed E-state index contributed by atoms with van der Waals surface area (Å²) in [4.78, 5) is 4.32. The highest BCUT2D eigenvalue weighted by Crippen LogP contribution is 2.31. The number of nitrogens with zero attached hydrogens (tertiary/aromatic N) is 4. The second-order valence-electron chi connectivity index (χ2n) is 5.79. The topological polar surface area (TPSA) is 99.6 Å². The number of fused-ring (bicyclic) bond motifs is 2. The lowest BCUT2D eigenvalue weighted by atomic mass is 9.96. The van der Waals surface area contributed by atoms with Gasteiger partial charge in [0.05, 0.1) is 13.7 Å². The van der Waals surface area contributed by atoms with Crippen molar-refractivity contribution in [1.82, 2.24) is 19.6 Å². The van der Waals surface area contributed by atoms with E-state index in [0.29, 0.717) is 29.9 Å². The number of nitrogen functional groups attached to an aromatic ring is 1. The molecule has 0 bridgehead atoms. The van der Waals surface area contributed by atoms with E-state index in [2.05, 4.69) is 26.6 Å². The lowest BCUT2D eigenvalue weighted by molar-refractivity contribution is 0.228. The van der Waals surface area contributed by atoms with Gasteiger partial charge in [0.2, 0.25) is 5.95 Å². The summed E-state index contributed by atoms with van der Waals surface area (Å²) in [7, 11) is 1.65. The molecule has 0 fully saturated rings. The SMILES string of the molecule is COc1ccc2c(c1)OCC(CNc1cc3nncn3c(N)n1)C2. The highest BCUT2D eigenvalue weighted by atomic mass is 16.5. The van der Waals surface area contributed by atoms with Crippen molar-refractivity contribution >= 4 is 17.4 Å². The van der Waals surface area contributed by atoms with Crippen LogP contribution in [0.1, 0.15) is 5.56 Å². The van der Waals surface area contributed by atoms with Crippen molar-refractivity contribution in [2.45, 2.75) is 6.42 Å². The minimum atomic E-state index is 0.350. The first-order valence-corrected chi connectivity index (χ1v) is 7.73. The Morgan fingerprint density at radius 1 is 1.42 bits per heavy atom. The smallest absolute Gasteiger partial charge is 0.209 e.